The predicted octanol–water partition coefficient (Wildman–Crippen LogP) is 0.979. The van der Waals surface area contributed by atoms with Gasteiger partial charge in [0.1, 0.15) is 24.0 Å². The highest BCUT2D eigenvalue weighted by Crippen LogP contribution is 2.46. The number of methoxy groups -OCH3 is 1. The molecule has 2 unspecified atom stereocenters. The van der Waals surface area contributed by atoms with Gasteiger partial charge in [-0.25, -0.2) is 13.8 Å². The van der Waals surface area contributed by atoms with E-state index in [1.165, 1.54) is 31.3 Å². The number of nitrogens with zero attached hydrogens (tertiary/aromatic N) is 1. The second-order valence-electron chi connectivity index (χ2n) is 7.92. The minimum Gasteiger partial charge on any atom is -0.468 e. The summed E-state index contributed by atoms with van der Waals surface area (Å²) in [5.74, 6) is -0.557. The number of para-hydroxylation sites is 1. The molecular weight excluding hydrogens is 474 g/mol. The highest BCUT2D eigenvalue weighted by atomic mass is 31.2. The molecule has 7 atom stereocenters. The Kier molecular flexibility index (Phi) is 7.96. The molecule has 14 heteroatoms. The molecular formula is C20H28FN4O8P. The van der Waals surface area contributed by atoms with Crippen LogP contribution >= 0.6 is 7.75 Å². The molecule has 1 aromatic rings. The summed E-state index contributed by atoms with van der Waals surface area (Å²) in [6.45, 7) is 1.86. The van der Waals surface area contributed by atoms with Crippen molar-refractivity contribution in [3.63, 3.8) is 0 Å². The molecule has 0 saturated carbocycles. The summed E-state index contributed by atoms with van der Waals surface area (Å²) in [5, 5.41) is 15.4. The van der Waals surface area contributed by atoms with E-state index in [1.807, 2.05) is 0 Å². The number of esters is 1. The molecule has 0 aromatic heterocycles. The molecule has 2 heterocycles. The Bertz CT molecular complexity index is 965. The van der Waals surface area contributed by atoms with Crippen molar-refractivity contribution in [3.8, 4) is 5.75 Å². The number of urea groups is 1. The Morgan fingerprint density at radius 3 is 2.74 bits per heavy atom. The zero-order chi connectivity index (χ0) is 25.1. The van der Waals surface area contributed by atoms with Gasteiger partial charge in [0.2, 0.25) is 0 Å². The first-order valence-electron chi connectivity index (χ1n) is 10.4. The normalized spacial score (nSPS) is 31.5. The lowest BCUT2D eigenvalue weighted by molar-refractivity contribution is -0.142. The van der Waals surface area contributed by atoms with Gasteiger partial charge < -0.3 is 30.2 Å². The van der Waals surface area contributed by atoms with E-state index in [2.05, 4.69) is 15.1 Å². The standard InChI is InChI=1S/C20H28FN4O8P/c1-12(17(27)30-3)24-34(29,33-13-7-5-4-6-8-13)31-11-14-16(26)20(2,21)18(32-14)25-10-9-15(22)23-19(25)28/h4-10,12,14-16,18,26H,11,22H2,1-3H3,(H,23,28)(H,24,29)/t12-,14+,15?,16+,18+,20+,34?/m0/s1. The smallest absolute Gasteiger partial charge is 0.459 e. The fourth-order valence-electron chi connectivity index (χ4n) is 3.40. The van der Waals surface area contributed by atoms with Gasteiger partial charge in [-0.2, -0.15) is 5.09 Å². The Labute approximate surface area is 195 Å². The zero-order valence-corrected chi connectivity index (χ0v) is 19.7. The van der Waals surface area contributed by atoms with E-state index in [0.29, 0.717) is 0 Å². The number of aliphatic hydroxyl groups excluding tert-OH is 1. The van der Waals surface area contributed by atoms with Gasteiger partial charge in [-0.1, -0.05) is 18.2 Å². The maximum absolute atomic E-state index is 15.4. The number of ether oxygens (including phenoxy) is 2. The monoisotopic (exact) mass is 502 g/mol. The molecule has 1 saturated heterocycles. The number of benzene rings is 1. The molecule has 5 N–H and O–H groups in total. The van der Waals surface area contributed by atoms with Crippen LogP contribution in [0.5, 0.6) is 5.75 Å². The Balaban J connectivity index is 1.76. The van der Waals surface area contributed by atoms with Gasteiger partial charge in [0.15, 0.2) is 11.9 Å². The van der Waals surface area contributed by atoms with Crippen molar-refractivity contribution < 1.29 is 42.2 Å². The maximum Gasteiger partial charge on any atom is 0.459 e. The second kappa shape index (κ2) is 10.4. The molecule has 3 rings (SSSR count). The van der Waals surface area contributed by atoms with Gasteiger partial charge in [0.05, 0.1) is 19.9 Å². The Morgan fingerprint density at radius 1 is 1.44 bits per heavy atom. The number of carbonyl (C=O) groups excluding carboxylic acids is 2. The van der Waals surface area contributed by atoms with Crippen LogP contribution in [0.3, 0.4) is 0 Å². The van der Waals surface area contributed by atoms with E-state index in [9.17, 15) is 19.3 Å². The van der Waals surface area contributed by atoms with Gasteiger partial charge in [-0.15, -0.1) is 0 Å². The first-order chi connectivity index (χ1) is 16.0. The summed E-state index contributed by atoms with van der Waals surface area (Å²) in [5.41, 5.74) is 3.20. The number of hydrogen-bond acceptors (Lipinski definition) is 9. The minimum atomic E-state index is -4.25. The summed E-state index contributed by atoms with van der Waals surface area (Å²) < 4.78 is 49.9. The molecule has 0 bridgehead atoms. The number of amides is 2. The molecule has 2 aliphatic rings. The molecule has 0 radical (unpaired) electrons. The van der Waals surface area contributed by atoms with Crippen LogP contribution in [0, 0.1) is 0 Å². The van der Waals surface area contributed by atoms with Gasteiger partial charge in [-0.05, 0) is 32.1 Å². The van der Waals surface area contributed by atoms with Crippen LogP contribution < -0.4 is 20.7 Å². The van der Waals surface area contributed by atoms with Crippen molar-refractivity contribution in [2.24, 2.45) is 5.73 Å². The molecule has 34 heavy (non-hydrogen) atoms. The zero-order valence-electron chi connectivity index (χ0n) is 18.8. The average molecular weight is 502 g/mol. The molecule has 2 amide bonds. The topological polar surface area (TPSA) is 162 Å². The average Bonchev–Trinajstić information content (AvgIpc) is 3.01. The van der Waals surface area contributed by atoms with E-state index >= 15 is 4.39 Å². The van der Waals surface area contributed by atoms with Crippen molar-refractivity contribution >= 4 is 19.7 Å². The van der Waals surface area contributed by atoms with E-state index in [-0.39, 0.29) is 5.75 Å². The van der Waals surface area contributed by atoms with Crippen molar-refractivity contribution in [1.29, 1.82) is 0 Å². The first kappa shape index (κ1) is 26.1. The van der Waals surface area contributed by atoms with Crippen molar-refractivity contribution in [2.75, 3.05) is 13.7 Å². The third kappa shape index (κ3) is 5.74. The molecule has 0 spiro atoms. The van der Waals surface area contributed by atoms with Gasteiger partial charge in [-0.3, -0.25) is 14.2 Å². The maximum atomic E-state index is 15.4. The lowest BCUT2D eigenvalue weighted by Gasteiger charge is -2.34. The van der Waals surface area contributed by atoms with Gasteiger partial charge >= 0.3 is 19.7 Å². The lowest BCUT2D eigenvalue weighted by Crippen LogP contribution is -2.57. The number of carbonyl (C=O) groups is 2. The summed E-state index contributed by atoms with van der Waals surface area (Å²) >= 11 is 0. The molecule has 12 nitrogen and oxygen atoms in total. The van der Waals surface area contributed by atoms with Gasteiger partial charge in [0, 0.05) is 6.20 Å². The SMILES string of the molecule is COC(=O)[C@H](C)NP(=O)(OC[C@H]1O[C@@H](N2C=CC(N)NC2=O)[C@](C)(F)[C@@H]1O)Oc1ccccc1. The highest BCUT2D eigenvalue weighted by molar-refractivity contribution is 7.52. The summed E-state index contributed by atoms with van der Waals surface area (Å²) in [6.07, 6.45) is -2.68. The fourth-order valence-corrected chi connectivity index (χ4v) is 4.90. The number of aliphatic hydroxyl groups is 1. The number of nitrogens with one attached hydrogen (secondary N) is 2. The molecule has 0 aliphatic carbocycles. The van der Waals surface area contributed by atoms with E-state index in [1.54, 1.807) is 18.2 Å². The largest absolute Gasteiger partial charge is 0.468 e. The van der Waals surface area contributed by atoms with Gasteiger partial charge in [0.25, 0.3) is 0 Å². The van der Waals surface area contributed by atoms with Crippen LogP contribution in [0.2, 0.25) is 0 Å². The minimum absolute atomic E-state index is 0.169. The second-order valence-corrected chi connectivity index (χ2v) is 9.61. The van der Waals surface area contributed by atoms with E-state index in [0.717, 1.165) is 18.9 Å². The first-order valence-corrected chi connectivity index (χ1v) is 11.9. The Hall–Kier alpha value is -2.54. The number of nitrogens with two attached hydrogens (primary N) is 1. The molecule has 1 fully saturated rings. The van der Waals surface area contributed by atoms with E-state index < -0.39 is 62.7 Å². The van der Waals surface area contributed by atoms with Crippen LogP contribution in [0.25, 0.3) is 0 Å². The third-order valence-electron chi connectivity index (χ3n) is 5.23. The van der Waals surface area contributed by atoms with Crippen molar-refractivity contribution in [3.05, 3.63) is 42.6 Å². The van der Waals surface area contributed by atoms with Crippen molar-refractivity contribution in [1.82, 2.24) is 15.3 Å². The van der Waals surface area contributed by atoms with Crippen LogP contribution in [0.15, 0.2) is 42.6 Å². The molecule has 188 valence electrons. The summed E-state index contributed by atoms with van der Waals surface area (Å²) in [7, 11) is -3.09. The van der Waals surface area contributed by atoms with Crippen LogP contribution in [-0.2, 0) is 23.4 Å². The predicted molar refractivity (Wildman–Crippen MR) is 117 cm³/mol. The fraction of sp³-hybridized carbons (Fsp3) is 0.500. The number of rotatable bonds is 9. The molecule has 1 aromatic carbocycles. The quantitative estimate of drug-likeness (QED) is 0.283. The van der Waals surface area contributed by atoms with E-state index in [4.69, 9.17) is 19.5 Å². The van der Waals surface area contributed by atoms with Crippen LogP contribution in [0.4, 0.5) is 9.18 Å². The lowest BCUT2D eigenvalue weighted by atomic mass is 9.98. The van der Waals surface area contributed by atoms with Crippen LogP contribution in [-0.4, -0.2) is 72.0 Å². The number of hydrogen-bond donors (Lipinski definition) is 4. The van der Waals surface area contributed by atoms with Crippen molar-refractivity contribution in [2.45, 2.75) is 50.2 Å². The third-order valence-corrected chi connectivity index (χ3v) is 6.88. The number of alkyl halides is 1. The highest BCUT2D eigenvalue weighted by Gasteiger charge is 2.57. The Morgan fingerprint density at radius 2 is 2.12 bits per heavy atom. The summed E-state index contributed by atoms with van der Waals surface area (Å²) in [4.78, 5) is 25.0. The van der Waals surface area contributed by atoms with Crippen LogP contribution in [0.1, 0.15) is 13.8 Å². The molecule has 2 aliphatic heterocycles. The number of halogens is 1. The summed E-state index contributed by atoms with van der Waals surface area (Å²) in [6, 6.07) is 6.21.